The quantitative estimate of drug-likeness (QED) is 0.637. The minimum Gasteiger partial charge on any atom is -0.478 e. The number of nitrogens with zero attached hydrogens (tertiary/aromatic N) is 1. The van der Waals surface area contributed by atoms with Crippen molar-refractivity contribution < 1.29 is 23.2 Å². The lowest BCUT2D eigenvalue weighted by Crippen LogP contribution is -2.16. The Hall–Kier alpha value is -2.94. The van der Waals surface area contributed by atoms with E-state index in [0.717, 1.165) is 6.07 Å². The predicted octanol–water partition coefficient (Wildman–Crippen LogP) is 2.40. The molecule has 0 atom stereocenters. The van der Waals surface area contributed by atoms with Crippen LogP contribution in [0.1, 0.15) is 15.9 Å². The number of aryl methyl sites for hydroxylation is 1. The van der Waals surface area contributed by atoms with Crippen LogP contribution in [-0.2, 0) is 10.0 Å². The van der Waals surface area contributed by atoms with Crippen LogP contribution in [0.3, 0.4) is 0 Å². The standard InChI is InChI=1S/C14H12N2O6S/c1-9-6-7-10(16(19)20)8-13(9)23(21,22)15-12-5-3-2-4-11(12)14(17)18/h2-8,15H,1H3,(H,17,18). The fourth-order valence-corrected chi connectivity index (χ4v) is 3.30. The molecule has 8 nitrogen and oxygen atoms in total. The monoisotopic (exact) mass is 336 g/mol. The van der Waals surface area contributed by atoms with Crippen molar-refractivity contribution in [2.75, 3.05) is 4.72 Å². The van der Waals surface area contributed by atoms with Crippen molar-refractivity contribution in [1.29, 1.82) is 0 Å². The van der Waals surface area contributed by atoms with Gasteiger partial charge in [-0.05, 0) is 24.6 Å². The average Bonchev–Trinajstić information content (AvgIpc) is 2.47. The van der Waals surface area contributed by atoms with Gasteiger partial charge >= 0.3 is 5.97 Å². The zero-order valence-corrected chi connectivity index (χ0v) is 12.7. The summed E-state index contributed by atoms with van der Waals surface area (Å²) in [5, 5.41) is 19.9. The maximum Gasteiger partial charge on any atom is 0.337 e. The molecule has 0 amide bonds. The highest BCUT2D eigenvalue weighted by atomic mass is 32.2. The van der Waals surface area contributed by atoms with Gasteiger partial charge in [-0.2, -0.15) is 0 Å². The maximum atomic E-state index is 12.4. The second-order valence-corrected chi connectivity index (χ2v) is 6.31. The highest BCUT2D eigenvalue weighted by Crippen LogP contribution is 2.25. The summed E-state index contributed by atoms with van der Waals surface area (Å²) in [5.74, 6) is -1.29. The second-order valence-electron chi connectivity index (χ2n) is 4.66. The average molecular weight is 336 g/mol. The Balaban J connectivity index is 2.50. The lowest BCUT2D eigenvalue weighted by molar-refractivity contribution is -0.385. The number of nitro groups is 1. The van der Waals surface area contributed by atoms with Crippen LogP contribution in [-0.4, -0.2) is 24.4 Å². The molecule has 0 bridgehead atoms. The third kappa shape index (κ3) is 3.46. The summed E-state index contributed by atoms with van der Waals surface area (Å²) in [6, 6.07) is 8.93. The van der Waals surface area contributed by atoms with Gasteiger partial charge in [0.25, 0.3) is 15.7 Å². The Morgan fingerprint density at radius 3 is 2.48 bits per heavy atom. The number of carboxylic acids is 1. The van der Waals surface area contributed by atoms with E-state index in [9.17, 15) is 23.3 Å². The molecule has 0 aliphatic rings. The molecular weight excluding hydrogens is 324 g/mol. The van der Waals surface area contributed by atoms with Crippen molar-refractivity contribution in [2.45, 2.75) is 11.8 Å². The molecule has 9 heteroatoms. The highest BCUT2D eigenvalue weighted by Gasteiger charge is 2.22. The molecule has 0 saturated carbocycles. The van der Waals surface area contributed by atoms with Crippen LogP contribution >= 0.6 is 0 Å². The normalized spacial score (nSPS) is 11.0. The van der Waals surface area contributed by atoms with E-state index in [0.29, 0.717) is 5.56 Å². The molecule has 0 fully saturated rings. The molecule has 120 valence electrons. The Kier molecular flexibility index (Phi) is 4.32. The first-order chi connectivity index (χ1) is 10.7. The van der Waals surface area contributed by atoms with Crippen LogP contribution < -0.4 is 4.72 Å². The van der Waals surface area contributed by atoms with Gasteiger partial charge in [0.1, 0.15) is 0 Å². The third-order valence-electron chi connectivity index (χ3n) is 3.07. The largest absolute Gasteiger partial charge is 0.478 e. The molecule has 2 aromatic carbocycles. The van der Waals surface area contributed by atoms with Gasteiger partial charge in [-0.3, -0.25) is 14.8 Å². The summed E-state index contributed by atoms with van der Waals surface area (Å²) in [7, 11) is -4.17. The van der Waals surface area contributed by atoms with Crippen LogP contribution in [0.15, 0.2) is 47.4 Å². The van der Waals surface area contributed by atoms with Gasteiger partial charge in [-0.1, -0.05) is 18.2 Å². The number of nitrogens with one attached hydrogen (secondary N) is 1. The van der Waals surface area contributed by atoms with Gasteiger partial charge in [0, 0.05) is 12.1 Å². The first-order valence-corrected chi connectivity index (χ1v) is 7.81. The Bertz CT molecular complexity index is 892. The van der Waals surface area contributed by atoms with Gasteiger partial charge in [-0.15, -0.1) is 0 Å². The van der Waals surface area contributed by atoms with Crippen LogP contribution in [0.5, 0.6) is 0 Å². The van der Waals surface area contributed by atoms with Crippen LogP contribution in [0.25, 0.3) is 0 Å². The smallest absolute Gasteiger partial charge is 0.337 e. The first-order valence-electron chi connectivity index (χ1n) is 6.32. The predicted molar refractivity (Wildman–Crippen MR) is 82.0 cm³/mol. The number of carbonyl (C=O) groups is 1. The number of nitro benzene ring substituents is 1. The maximum absolute atomic E-state index is 12.4. The molecule has 2 N–H and O–H groups in total. The van der Waals surface area contributed by atoms with Gasteiger partial charge in [0.05, 0.1) is 21.1 Å². The van der Waals surface area contributed by atoms with E-state index in [1.807, 2.05) is 0 Å². The highest BCUT2D eigenvalue weighted by molar-refractivity contribution is 7.92. The van der Waals surface area contributed by atoms with E-state index in [4.69, 9.17) is 5.11 Å². The molecule has 0 heterocycles. The summed E-state index contributed by atoms with van der Waals surface area (Å²) in [6.07, 6.45) is 0. The number of anilines is 1. The number of sulfonamides is 1. The number of rotatable bonds is 5. The van der Waals surface area contributed by atoms with Crippen molar-refractivity contribution in [3.05, 3.63) is 63.7 Å². The molecule has 0 aliphatic carbocycles. The summed E-state index contributed by atoms with van der Waals surface area (Å²) in [5.41, 5.74) is -0.413. The number of carboxylic acid groups (broad SMARTS) is 1. The van der Waals surface area contributed by atoms with Crippen molar-refractivity contribution in [2.24, 2.45) is 0 Å². The van der Waals surface area contributed by atoms with Crippen molar-refractivity contribution in [3.8, 4) is 0 Å². The lowest BCUT2D eigenvalue weighted by Gasteiger charge is -2.12. The molecule has 23 heavy (non-hydrogen) atoms. The van der Waals surface area contributed by atoms with Gasteiger partial charge in [0.15, 0.2) is 0 Å². The molecule has 2 rings (SSSR count). The van der Waals surface area contributed by atoms with E-state index >= 15 is 0 Å². The minimum atomic E-state index is -4.17. The molecule has 0 aromatic heterocycles. The molecule has 2 aromatic rings. The Morgan fingerprint density at radius 2 is 1.87 bits per heavy atom. The fraction of sp³-hybridized carbons (Fsp3) is 0.0714. The fourth-order valence-electron chi connectivity index (χ4n) is 1.95. The Morgan fingerprint density at radius 1 is 1.22 bits per heavy atom. The lowest BCUT2D eigenvalue weighted by atomic mass is 10.2. The van der Waals surface area contributed by atoms with E-state index < -0.39 is 20.9 Å². The molecule has 0 unspecified atom stereocenters. The number of non-ortho nitro benzene ring substituents is 1. The van der Waals surface area contributed by atoms with Crippen molar-refractivity contribution in [1.82, 2.24) is 0 Å². The molecule has 0 spiro atoms. The van der Waals surface area contributed by atoms with Crippen LogP contribution in [0, 0.1) is 17.0 Å². The SMILES string of the molecule is Cc1ccc([N+](=O)[O-])cc1S(=O)(=O)Nc1ccccc1C(=O)O. The molecule has 0 saturated heterocycles. The van der Waals surface area contributed by atoms with Gasteiger partial charge < -0.3 is 5.11 Å². The van der Waals surface area contributed by atoms with E-state index in [-0.39, 0.29) is 21.8 Å². The first kappa shape index (κ1) is 16.4. The number of hydrogen-bond acceptors (Lipinski definition) is 5. The number of para-hydroxylation sites is 1. The van der Waals surface area contributed by atoms with E-state index in [1.54, 1.807) is 0 Å². The Labute approximate surface area is 131 Å². The van der Waals surface area contributed by atoms with Crippen LogP contribution in [0.4, 0.5) is 11.4 Å². The third-order valence-corrected chi connectivity index (χ3v) is 4.58. The number of hydrogen-bond donors (Lipinski definition) is 2. The second kappa shape index (κ2) is 6.05. The molecule has 0 radical (unpaired) electrons. The van der Waals surface area contributed by atoms with Crippen LogP contribution in [0.2, 0.25) is 0 Å². The van der Waals surface area contributed by atoms with E-state index in [1.165, 1.54) is 43.3 Å². The number of benzene rings is 2. The van der Waals surface area contributed by atoms with Crippen molar-refractivity contribution >= 4 is 27.4 Å². The molecular formula is C14H12N2O6S. The topological polar surface area (TPSA) is 127 Å². The summed E-state index contributed by atoms with van der Waals surface area (Å²) in [4.78, 5) is 20.9. The summed E-state index contributed by atoms with van der Waals surface area (Å²) in [6.45, 7) is 1.49. The van der Waals surface area contributed by atoms with Crippen molar-refractivity contribution in [3.63, 3.8) is 0 Å². The van der Waals surface area contributed by atoms with E-state index in [2.05, 4.69) is 4.72 Å². The zero-order chi connectivity index (χ0) is 17.2. The summed E-state index contributed by atoms with van der Waals surface area (Å²) >= 11 is 0. The molecule has 0 aliphatic heterocycles. The summed E-state index contributed by atoms with van der Waals surface area (Å²) < 4.78 is 27.1. The number of aromatic carboxylic acids is 1. The minimum absolute atomic E-state index is 0.120. The zero-order valence-electron chi connectivity index (χ0n) is 11.9. The van der Waals surface area contributed by atoms with Gasteiger partial charge in [-0.25, -0.2) is 13.2 Å². The van der Waals surface area contributed by atoms with Gasteiger partial charge in [0.2, 0.25) is 0 Å².